The van der Waals surface area contributed by atoms with Gasteiger partial charge < -0.3 is 19.5 Å². The number of nitrogens with one attached hydrogen (secondary N) is 1. The molecule has 2 heterocycles. The van der Waals surface area contributed by atoms with Crippen molar-refractivity contribution in [3.63, 3.8) is 0 Å². The van der Waals surface area contributed by atoms with Crippen molar-refractivity contribution in [1.29, 1.82) is 0 Å². The van der Waals surface area contributed by atoms with Gasteiger partial charge in [-0.3, -0.25) is 7.05 Å². The summed E-state index contributed by atoms with van der Waals surface area (Å²) in [4.78, 5) is 7.08. The van der Waals surface area contributed by atoms with Gasteiger partial charge in [0.1, 0.15) is 5.82 Å². The minimum Gasteiger partial charge on any atom is -0.509 e. The number of aromatic nitrogens is 2. The third-order valence-corrected chi connectivity index (χ3v) is 14.3. The Kier molecular flexibility index (Phi) is 10.7. The van der Waals surface area contributed by atoms with Gasteiger partial charge in [0.25, 0.3) is 0 Å². The molecule has 0 saturated carbocycles. The average Bonchev–Trinajstić information content (AvgIpc) is 4.02. The number of pyridine rings is 1. The van der Waals surface area contributed by atoms with Crippen LogP contribution in [0.5, 0.6) is 11.5 Å². The molecule has 2 aromatic heterocycles. The molecule has 2 aliphatic carbocycles. The summed E-state index contributed by atoms with van der Waals surface area (Å²) in [5, 5.41) is 6.10. The molecule has 0 saturated heterocycles. The van der Waals surface area contributed by atoms with Crippen molar-refractivity contribution >= 4 is 44.6 Å². The number of para-hydroxylation sites is 3. The fraction of sp³-hybridized carbons (Fsp3) is 0.0769. The van der Waals surface area contributed by atoms with E-state index in [2.05, 4.69) is 213 Å². The molecule has 0 aliphatic heterocycles. The molecule has 0 fully saturated rings. The SMILES string of the molecule is [CH2-]N(c1ccccc1Nc1[c-]c(Oc2[c-]c3c4c(c2)C2(c5ccccc5-c5ccccc52)c2cccc(c24)n3-c2cc(C(C)(C)C)ccn2)ccc1)c1c(-c2ccccc2)cccc1-c1ccccc1.[Pt]. The molecule has 1 N–H and O–H groups in total. The van der Waals surface area contributed by atoms with Crippen LogP contribution in [0.2, 0.25) is 0 Å². The van der Waals surface area contributed by atoms with E-state index >= 15 is 0 Å². The van der Waals surface area contributed by atoms with Crippen molar-refractivity contribution in [2.24, 2.45) is 0 Å². The molecule has 9 aromatic carbocycles. The fourth-order valence-electron chi connectivity index (χ4n) is 11.3. The topological polar surface area (TPSA) is 42.3 Å². The van der Waals surface area contributed by atoms with Crippen molar-refractivity contribution in [3.05, 3.63) is 259 Å². The van der Waals surface area contributed by atoms with E-state index in [-0.39, 0.29) is 26.5 Å². The van der Waals surface area contributed by atoms with Crippen LogP contribution in [0.3, 0.4) is 0 Å². The van der Waals surface area contributed by atoms with E-state index in [0.717, 1.165) is 61.9 Å². The Hall–Kier alpha value is -7.98. The minimum atomic E-state index is -0.557. The summed E-state index contributed by atoms with van der Waals surface area (Å²) in [6.07, 6.45) is 1.93. The maximum atomic E-state index is 7.01. The maximum absolute atomic E-state index is 7.01. The second kappa shape index (κ2) is 17.2. The van der Waals surface area contributed by atoms with E-state index < -0.39 is 5.41 Å². The van der Waals surface area contributed by atoms with E-state index in [1.807, 2.05) is 47.5 Å². The van der Waals surface area contributed by atoms with Gasteiger partial charge in [0, 0.05) is 72.2 Å². The van der Waals surface area contributed by atoms with Crippen molar-refractivity contribution < 1.29 is 25.8 Å². The van der Waals surface area contributed by atoms with E-state index in [4.69, 9.17) is 16.8 Å². The molecule has 6 heteroatoms. The van der Waals surface area contributed by atoms with E-state index in [1.165, 1.54) is 49.7 Å². The van der Waals surface area contributed by atoms with Crippen LogP contribution in [-0.4, -0.2) is 9.55 Å². The van der Waals surface area contributed by atoms with Crippen LogP contribution in [0.1, 0.15) is 48.6 Å². The Morgan fingerprint density at radius 3 is 1.85 bits per heavy atom. The van der Waals surface area contributed by atoms with E-state index in [9.17, 15) is 0 Å². The number of anilines is 4. The van der Waals surface area contributed by atoms with Gasteiger partial charge in [-0.05, 0) is 85.6 Å². The summed E-state index contributed by atoms with van der Waals surface area (Å²) in [5.41, 5.74) is 18.0. The summed E-state index contributed by atoms with van der Waals surface area (Å²) < 4.78 is 9.29. The van der Waals surface area contributed by atoms with Crippen LogP contribution in [0.4, 0.5) is 22.7 Å². The molecular weight excluding hydrogens is 1050 g/mol. The predicted molar refractivity (Wildman–Crippen MR) is 287 cm³/mol. The minimum absolute atomic E-state index is 0. The summed E-state index contributed by atoms with van der Waals surface area (Å²) >= 11 is 0. The van der Waals surface area contributed by atoms with Crippen LogP contribution in [-0.2, 0) is 31.9 Å². The molecule has 0 amide bonds. The Labute approximate surface area is 429 Å². The summed E-state index contributed by atoms with van der Waals surface area (Å²) in [6.45, 7) is 6.73. The van der Waals surface area contributed by atoms with Gasteiger partial charge in [-0.15, -0.1) is 35.9 Å². The molecule has 2 aliphatic rings. The number of benzene rings is 9. The summed E-state index contributed by atoms with van der Waals surface area (Å²) in [6, 6.07) is 80.3. The van der Waals surface area contributed by atoms with Gasteiger partial charge in [-0.25, -0.2) is 4.98 Å². The van der Waals surface area contributed by atoms with Crippen molar-refractivity contribution in [2.45, 2.75) is 31.6 Å². The molecule has 13 rings (SSSR count). The smallest absolute Gasteiger partial charge is 0.135 e. The van der Waals surface area contributed by atoms with Gasteiger partial charge in [-0.1, -0.05) is 189 Å². The molecule has 71 heavy (non-hydrogen) atoms. The Morgan fingerprint density at radius 1 is 0.563 bits per heavy atom. The van der Waals surface area contributed by atoms with Crippen LogP contribution in [0, 0.1) is 19.2 Å². The third-order valence-electron chi connectivity index (χ3n) is 14.3. The molecule has 0 atom stereocenters. The number of fused-ring (bicyclic) bond motifs is 7. The largest absolute Gasteiger partial charge is 0.509 e. The second-order valence-corrected chi connectivity index (χ2v) is 19.3. The van der Waals surface area contributed by atoms with Gasteiger partial charge >= 0.3 is 0 Å². The Morgan fingerprint density at radius 2 is 1.15 bits per heavy atom. The van der Waals surface area contributed by atoms with Gasteiger partial charge in [0.15, 0.2) is 0 Å². The average molecular weight is 1100 g/mol. The fourth-order valence-corrected chi connectivity index (χ4v) is 11.3. The number of rotatable bonds is 9. The Balaban J connectivity index is 0.00000517. The van der Waals surface area contributed by atoms with Gasteiger partial charge in [0.05, 0.1) is 5.69 Å². The number of hydrogen-bond donors (Lipinski definition) is 1. The molecule has 11 aromatic rings. The second-order valence-electron chi connectivity index (χ2n) is 19.3. The standard InChI is InChI=1S/C65H47N4O.Pt/c1-64(2,3)44-36-37-66-60(38-44)69-58-35-19-32-54-61(58)62-55(65(54)52-30-13-11-26-50(52)51-27-12-14-31-53(51)65)40-47(41-59(62)69)70-46-25-17-24-45(39-46)67-56-33-15-16-34-57(56)68(4)63-48(42-20-7-5-8-21-42)28-18-29-49(63)43-22-9-6-10-23-43;/h5-38,40,67H,4H2,1-3H3;/q-3;. The van der Waals surface area contributed by atoms with Crippen LogP contribution in [0.15, 0.2) is 212 Å². The van der Waals surface area contributed by atoms with Gasteiger partial charge in [-0.2, -0.15) is 6.07 Å². The van der Waals surface area contributed by atoms with E-state index in [1.54, 1.807) is 0 Å². The molecule has 1 spiro atoms. The normalized spacial score (nSPS) is 12.8. The first kappa shape index (κ1) is 44.2. The maximum Gasteiger partial charge on any atom is 0.135 e. The molecule has 0 unspecified atom stereocenters. The first-order chi connectivity index (χ1) is 34.3. The first-order valence-corrected chi connectivity index (χ1v) is 23.9. The number of hydrogen-bond acceptors (Lipinski definition) is 4. The molecular formula is C65H47N4OPt-3. The zero-order chi connectivity index (χ0) is 47.1. The quantitative estimate of drug-likeness (QED) is 0.146. The molecule has 346 valence electrons. The Bertz CT molecular complexity index is 3750. The van der Waals surface area contributed by atoms with Crippen molar-refractivity contribution in [1.82, 2.24) is 9.55 Å². The summed E-state index contributed by atoms with van der Waals surface area (Å²) in [5.74, 6) is 2.01. The van der Waals surface area contributed by atoms with Gasteiger partial charge in [0.2, 0.25) is 0 Å². The van der Waals surface area contributed by atoms with Crippen molar-refractivity contribution in [3.8, 4) is 50.7 Å². The molecule has 0 radical (unpaired) electrons. The number of nitrogens with zero attached hydrogens (tertiary/aromatic N) is 3. The van der Waals surface area contributed by atoms with Crippen molar-refractivity contribution in [2.75, 3.05) is 10.2 Å². The molecule has 0 bridgehead atoms. The summed E-state index contributed by atoms with van der Waals surface area (Å²) in [7, 11) is 4.73. The van der Waals surface area contributed by atoms with E-state index in [0.29, 0.717) is 11.5 Å². The third kappa shape index (κ3) is 6.97. The van der Waals surface area contributed by atoms with Crippen LogP contribution >= 0.6 is 0 Å². The zero-order valence-corrected chi connectivity index (χ0v) is 41.8. The monoisotopic (exact) mass is 1090 g/mol. The first-order valence-electron chi connectivity index (χ1n) is 23.9. The number of ether oxygens (including phenoxy) is 1. The van der Waals surface area contributed by atoms with Crippen LogP contribution in [0.25, 0.3) is 61.0 Å². The zero-order valence-electron chi connectivity index (χ0n) is 39.5. The predicted octanol–water partition coefficient (Wildman–Crippen LogP) is 16.6. The molecule has 5 nitrogen and oxygen atoms in total. The van der Waals surface area contributed by atoms with Crippen LogP contribution < -0.4 is 15.0 Å².